The molecule has 0 rings (SSSR count). The molecule has 1 amide bonds. The lowest BCUT2D eigenvalue weighted by Crippen LogP contribution is -2.24. The van der Waals surface area contributed by atoms with Gasteiger partial charge in [-0.3, -0.25) is 4.79 Å². The first-order valence-electron chi connectivity index (χ1n) is 2.87. The zero-order valence-corrected chi connectivity index (χ0v) is 5.26. The third-order valence-electron chi connectivity index (χ3n) is 0.837. The van der Waals surface area contributed by atoms with Crippen LogP contribution in [-0.4, -0.2) is 30.7 Å². The molecule has 0 heterocycles. The third-order valence-corrected chi connectivity index (χ3v) is 0.837. The van der Waals surface area contributed by atoms with Gasteiger partial charge in [-0.1, -0.05) is 0 Å². The van der Waals surface area contributed by atoms with Gasteiger partial charge in [-0.25, -0.2) is 0 Å². The molecule has 0 atom stereocenters. The Kier molecular flexibility index (Phi) is 5.15. The molecule has 0 fully saturated rings. The lowest BCUT2D eigenvalue weighted by atomic mass is 10.4. The van der Waals surface area contributed by atoms with Gasteiger partial charge in [0.2, 0.25) is 5.91 Å². The highest BCUT2D eigenvalue weighted by molar-refractivity contribution is 5.73. The van der Waals surface area contributed by atoms with Crippen molar-refractivity contribution in [3.8, 4) is 0 Å². The summed E-state index contributed by atoms with van der Waals surface area (Å²) in [5.74, 6) is -0.319. The fourth-order valence-corrected chi connectivity index (χ4v) is 0.416. The van der Waals surface area contributed by atoms with Crippen LogP contribution in [0.5, 0.6) is 0 Å². The minimum Gasteiger partial charge on any atom is -0.395 e. The molecule has 0 bridgehead atoms. The van der Waals surface area contributed by atoms with Crippen LogP contribution in [0.3, 0.4) is 0 Å². The Morgan fingerprint density at radius 2 is 2.22 bits per heavy atom. The molecule has 0 aliphatic carbocycles. The average Bonchev–Trinajstić information content (AvgIpc) is 1.80. The van der Waals surface area contributed by atoms with E-state index in [1.807, 2.05) is 0 Å². The number of aliphatic hydroxyl groups excluding tert-OH is 1. The van der Waals surface area contributed by atoms with E-state index in [1.165, 1.54) is 0 Å². The van der Waals surface area contributed by atoms with E-state index in [0.29, 0.717) is 19.5 Å². The number of aliphatic hydroxyl groups is 1. The number of hydrogen-bond donors (Lipinski definition) is 3. The highest BCUT2D eigenvalue weighted by atomic mass is 16.3. The summed E-state index contributed by atoms with van der Waals surface area (Å²) in [6.45, 7) is 1.17. The lowest BCUT2D eigenvalue weighted by molar-refractivity contribution is -0.117. The normalized spacial score (nSPS) is 9.44. The van der Waals surface area contributed by atoms with E-state index in [4.69, 9.17) is 10.8 Å². The molecule has 0 radical (unpaired) electrons. The second-order valence-corrected chi connectivity index (χ2v) is 1.69. The van der Waals surface area contributed by atoms with Crippen LogP contribution in [0.1, 0.15) is 6.42 Å². The molecule has 9 heavy (non-hydrogen) atoms. The van der Waals surface area contributed by atoms with Gasteiger partial charge in [0, 0.05) is 19.5 Å². The van der Waals surface area contributed by atoms with E-state index in [0.717, 1.165) is 0 Å². The topological polar surface area (TPSA) is 75.4 Å². The van der Waals surface area contributed by atoms with Gasteiger partial charge in [-0.05, 0) is 0 Å². The zero-order valence-electron chi connectivity index (χ0n) is 5.26. The Morgan fingerprint density at radius 1 is 1.56 bits per heavy atom. The molecule has 0 aliphatic rings. The number of nitrogens with one attached hydrogen (secondary N) is 1. The maximum Gasteiger partial charge on any atom is 0.218 e. The maximum atomic E-state index is 10.1. The minimum atomic E-state index is -0.319. The van der Waals surface area contributed by atoms with E-state index in [-0.39, 0.29) is 12.5 Å². The standard InChI is InChI=1S/C5H12N2O2/c6-5(9)1-2-7-3-4-8/h7-8H,1-4H2,(H2,6,9). The summed E-state index contributed by atoms with van der Waals surface area (Å²) in [6, 6.07) is 0. The highest BCUT2D eigenvalue weighted by Gasteiger charge is 1.90. The summed E-state index contributed by atoms with van der Waals surface area (Å²) in [6.07, 6.45) is 0.333. The SMILES string of the molecule is NC(=O)CCNCCO. The quantitative estimate of drug-likeness (QED) is 0.396. The number of nitrogens with two attached hydrogens (primary N) is 1. The first kappa shape index (κ1) is 8.39. The van der Waals surface area contributed by atoms with E-state index < -0.39 is 0 Å². The molecule has 0 aromatic rings. The minimum absolute atomic E-state index is 0.0960. The lowest BCUT2D eigenvalue weighted by Gasteiger charge is -1.97. The third kappa shape index (κ3) is 7.39. The Balaban J connectivity index is 2.83. The first-order chi connectivity index (χ1) is 4.27. The Hall–Kier alpha value is -0.610. The summed E-state index contributed by atoms with van der Waals surface area (Å²) in [4.78, 5) is 10.1. The number of carbonyl (C=O) groups excluding carboxylic acids is 1. The van der Waals surface area contributed by atoms with E-state index >= 15 is 0 Å². The van der Waals surface area contributed by atoms with Gasteiger partial charge in [0.1, 0.15) is 0 Å². The number of rotatable bonds is 5. The van der Waals surface area contributed by atoms with Gasteiger partial charge in [-0.2, -0.15) is 0 Å². The molecule has 0 saturated carbocycles. The van der Waals surface area contributed by atoms with Gasteiger partial charge < -0.3 is 16.2 Å². The van der Waals surface area contributed by atoms with Gasteiger partial charge in [0.15, 0.2) is 0 Å². The number of hydrogen-bond acceptors (Lipinski definition) is 3. The van der Waals surface area contributed by atoms with Gasteiger partial charge in [0.05, 0.1) is 6.61 Å². The van der Waals surface area contributed by atoms with Crippen molar-refractivity contribution in [3.63, 3.8) is 0 Å². The zero-order chi connectivity index (χ0) is 7.11. The number of primary amides is 1. The largest absolute Gasteiger partial charge is 0.395 e. The van der Waals surface area contributed by atoms with Crippen molar-refractivity contribution in [2.45, 2.75) is 6.42 Å². The Labute approximate surface area is 54.0 Å². The van der Waals surface area contributed by atoms with Gasteiger partial charge in [-0.15, -0.1) is 0 Å². The second kappa shape index (κ2) is 5.53. The molecule has 0 aromatic heterocycles. The summed E-state index contributed by atoms with van der Waals surface area (Å²) in [5.41, 5.74) is 4.83. The second-order valence-electron chi connectivity index (χ2n) is 1.69. The van der Waals surface area contributed by atoms with Crippen LogP contribution in [0.25, 0.3) is 0 Å². The number of amides is 1. The Bertz CT molecular complexity index is 85.0. The van der Waals surface area contributed by atoms with Crippen molar-refractivity contribution in [1.29, 1.82) is 0 Å². The van der Waals surface area contributed by atoms with Crippen LogP contribution < -0.4 is 11.1 Å². The molecule has 0 aromatic carbocycles. The average molecular weight is 132 g/mol. The monoisotopic (exact) mass is 132 g/mol. The van der Waals surface area contributed by atoms with Crippen LogP contribution in [0.2, 0.25) is 0 Å². The molecule has 4 heteroatoms. The molecular weight excluding hydrogens is 120 g/mol. The van der Waals surface area contributed by atoms with Crippen LogP contribution in [-0.2, 0) is 4.79 Å². The van der Waals surface area contributed by atoms with E-state index in [1.54, 1.807) is 0 Å². The van der Waals surface area contributed by atoms with Crippen molar-refractivity contribution >= 4 is 5.91 Å². The van der Waals surface area contributed by atoms with Crippen molar-refractivity contribution in [2.24, 2.45) is 5.73 Å². The molecule has 4 nitrogen and oxygen atoms in total. The van der Waals surface area contributed by atoms with Crippen LogP contribution >= 0.6 is 0 Å². The molecule has 0 unspecified atom stereocenters. The van der Waals surface area contributed by atoms with Gasteiger partial charge >= 0.3 is 0 Å². The smallest absolute Gasteiger partial charge is 0.218 e. The highest BCUT2D eigenvalue weighted by Crippen LogP contribution is 1.70. The van der Waals surface area contributed by atoms with E-state index in [9.17, 15) is 4.79 Å². The fourth-order valence-electron chi connectivity index (χ4n) is 0.416. The maximum absolute atomic E-state index is 10.1. The van der Waals surface area contributed by atoms with Crippen LogP contribution in [0, 0.1) is 0 Å². The number of carbonyl (C=O) groups is 1. The molecule has 0 saturated heterocycles. The molecular formula is C5H12N2O2. The molecule has 0 spiro atoms. The molecule has 54 valence electrons. The molecule has 4 N–H and O–H groups in total. The van der Waals surface area contributed by atoms with Crippen molar-refractivity contribution in [3.05, 3.63) is 0 Å². The summed E-state index contributed by atoms with van der Waals surface area (Å²) >= 11 is 0. The first-order valence-corrected chi connectivity index (χ1v) is 2.87. The van der Waals surface area contributed by atoms with Crippen LogP contribution in [0.15, 0.2) is 0 Å². The van der Waals surface area contributed by atoms with Crippen molar-refractivity contribution in [2.75, 3.05) is 19.7 Å². The summed E-state index contributed by atoms with van der Waals surface area (Å²) in [7, 11) is 0. The Morgan fingerprint density at radius 3 is 2.67 bits per heavy atom. The van der Waals surface area contributed by atoms with Crippen LogP contribution in [0.4, 0.5) is 0 Å². The van der Waals surface area contributed by atoms with Crippen molar-refractivity contribution < 1.29 is 9.90 Å². The predicted molar refractivity (Wildman–Crippen MR) is 33.8 cm³/mol. The van der Waals surface area contributed by atoms with Gasteiger partial charge in [0.25, 0.3) is 0 Å². The molecule has 0 aliphatic heterocycles. The van der Waals surface area contributed by atoms with Crippen molar-refractivity contribution in [1.82, 2.24) is 5.32 Å². The predicted octanol–water partition coefficient (Wildman–Crippen LogP) is -1.56. The fraction of sp³-hybridized carbons (Fsp3) is 0.800. The van der Waals surface area contributed by atoms with E-state index in [2.05, 4.69) is 5.32 Å². The summed E-state index contributed by atoms with van der Waals surface area (Å²) < 4.78 is 0. The summed E-state index contributed by atoms with van der Waals surface area (Å²) in [5, 5.41) is 11.1.